The maximum atomic E-state index is 12.6. The van der Waals surface area contributed by atoms with E-state index in [1.165, 1.54) is 6.07 Å². The number of aliphatic hydroxyl groups is 1. The van der Waals surface area contributed by atoms with Gasteiger partial charge in [-0.3, -0.25) is 14.9 Å². The summed E-state index contributed by atoms with van der Waals surface area (Å²) in [5.74, 6) is -0.144. The molecular weight excluding hydrogens is 332 g/mol. The van der Waals surface area contributed by atoms with Crippen LogP contribution in [0.1, 0.15) is 35.7 Å². The Morgan fingerprint density at radius 3 is 2.62 bits per heavy atom. The highest BCUT2D eigenvalue weighted by molar-refractivity contribution is 6.09. The van der Waals surface area contributed by atoms with Crippen molar-refractivity contribution in [2.45, 2.75) is 25.9 Å². The third-order valence-electron chi connectivity index (χ3n) is 4.95. The van der Waals surface area contributed by atoms with Crippen molar-refractivity contribution in [1.29, 1.82) is 0 Å². The first-order valence-corrected chi connectivity index (χ1v) is 8.78. The minimum Gasteiger partial charge on any atom is -0.393 e. The lowest BCUT2D eigenvalue weighted by Gasteiger charge is -2.35. The highest BCUT2D eigenvalue weighted by atomic mass is 16.6. The summed E-state index contributed by atoms with van der Waals surface area (Å²) in [6, 6.07) is 13.4. The molecule has 1 fully saturated rings. The minimum atomic E-state index is -0.448. The van der Waals surface area contributed by atoms with Crippen molar-refractivity contribution in [3.05, 3.63) is 69.8 Å². The molecule has 0 amide bonds. The van der Waals surface area contributed by atoms with Crippen LogP contribution < -0.4 is 4.90 Å². The van der Waals surface area contributed by atoms with Crippen molar-refractivity contribution in [1.82, 2.24) is 0 Å². The van der Waals surface area contributed by atoms with E-state index in [1.807, 2.05) is 11.0 Å². The SMILES string of the molecule is CC(O)C1CCCN(c2ccc(C(=O)c3ccccc3)cc2[N+](=O)[O-])C1. The summed E-state index contributed by atoms with van der Waals surface area (Å²) in [5, 5.41) is 21.5. The first kappa shape index (κ1) is 18.1. The van der Waals surface area contributed by atoms with E-state index in [1.54, 1.807) is 43.3 Å². The molecule has 26 heavy (non-hydrogen) atoms. The number of hydrogen-bond donors (Lipinski definition) is 1. The Labute approximate surface area is 152 Å². The van der Waals surface area contributed by atoms with Gasteiger partial charge in [0.15, 0.2) is 5.78 Å². The number of carbonyl (C=O) groups excluding carboxylic acids is 1. The average molecular weight is 354 g/mol. The minimum absolute atomic E-state index is 0.0713. The lowest BCUT2D eigenvalue weighted by molar-refractivity contribution is -0.384. The van der Waals surface area contributed by atoms with Gasteiger partial charge in [0.2, 0.25) is 0 Å². The molecule has 1 N–H and O–H groups in total. The Bertz CT molecular complexity index is 805. The van der Waals surface area contributed by atoms with Gasteiger partial charge in [0, 0.05) is 36.2 Å². The summed E-state index contributed by atoms with van der Waals surface area (Å²) in [4.78, 5) is 25.7. The molecule has 0 saturated carbocycles. The fraction of sp³-hybridized carbons (Fsp3) is 0.350. The number of nitrogens with zero attached hydrogens (tertiary/aromatic N) is 2. The van der Waals surface area contributed by atoms with Crippen LogP contribution in [0, 0.1) is 16.0 Å². The maximum absolute atomic E-state index is 12.6. The summed E-state index contributed by atoms with van der Waals surface area (Å²) in [5.41, 5.74) is 1.24. The van der Waals surface area contributed by atoms with Gasteiger partial charge in [-0.05, 0) is 31.9 Å². The predicted molar refractivity (Wildman–Crippen MR) is 99.6 cm³/mol. The zero-order valence-corrected chi connectivity index (χ0v) is 14.7. The van der Waals surface area contributed by atoms with Crippen molar-refractivity contribution in [2.75, 3.05) is 18.0 Å². The number of anilines is 1. The second kappa shape index (κ2) is 7.66. The molecule has 1 heterocycles. The molecule has 0 aliphatic carbocycles. The summed E-state index contributed by atoms with van der Waals surface area (Å²) < 4.78 is 0. The fourth-order valence-corrected chi connectivity index (χ4v) is 3.46. The van der Waals surface area contributed by atoms with Gasteiger partial charge in [-0.1, -0.05) is 30.3 Å². The van der Waals surface area contributed by atoms with E-state index in [-0.39, 0.29) is 17.4 Å². The average Bonchev–Trinajstić information content (AvgIpc) is 2.67. The number of aliphatic hydroxyl groups excluding tert-OH is 1. The van der Waals surface area contributed by atoms with E-state index in [9.17, 15) is 20.0 Å². The highest BCUT2D eigenvalue weighted by Crippen LogP contribution is 2.33. The number of benzene rings is 2. The zero-order valence-electron chi connectivity index (χ0n) is 14.7. The summed E-state index contributed by atoms with van der Waals surface area (Å²) in [6.07, 6.45) is 1.33. The van der Waals surface area contributed by atoms with Crippen LogP contribution in [0.4, 0.5) is 11.4 Å². The van der Waals surface area contributed by atoms with Crippen LogP contribution in [-0.4, -0.2) is 35.0 Å². The first-order chi connectivity index (χ1) is 12.5. The standard InChI is InChI=1S/C20H22N2O4/c1-14(23)17-8-5-11-21(13-17)18-10-9-16(12-19(18)22(25)26)20(24)15-6-3-2-4-7-15/h2-4,6-7,9-10,12,14,17,23H,5,8,11,13H2,1H3. The molecule has 6 nitrogen and oxygen atoms in total. The smallest absolute Gasteiger partial charge is 0.293 e. The van der Waals surface area contributed by atoms with Gasteiger partial charge in [-0.2, -0.15) is 0 Å². The van der Waals surface area contributed by atoms with Gasteiger partial charge >= 0.3 is 0 Å². The maximum Gasteiger partial charge on any atom is 0.293 e. The van der Waals surface area contributed by atoms with Gasteiger partial charge < -0.3 is 10.0 Å². The van der Waals surface area contributed by atoms with E-state index in [0.717, 1.165) is 12.8 Å². The number of piperidine rings is 1. The van der Waals surface area contributed by atoms with Crippen molar-refractivity contribution in [3.63, 3.8) is 0 Å². The molecule has 136 valence electrons. The van der Waals surface area contributed by atoms with Gasteiger partial charge in [0.05, 0.1) is 11.0 Å². The molecule has 0 aromatic heterocycles. The molecule has 2 unspecified atom stereocenters. The number of rotatable bonds is 5. The van der Waals surface area contributed by atoms with Crippen LogP contribution >= 0.6 is 0 Å². The number of ketones is 1. The van der Waals surface area contributed by atoms with E-state index >= 15 is 0 Å². The predicted octanol–water partition coefficient (Wildman–Crippen LogP) is 3.42. The largest absolute Gasteiger partial charge is 0.393 e. The molecule has 3 rings (SSSR count). The molecule has 0 bridgehead atoms. The van der Waals surface area contributed by atoms with Gasteiger partial charge in [-0.15, -0.1) is 0 Å². The van der Waals surface area contributed by atoms with Crippen molar-refractivity contribution in [3.8, 4) is 0 Å². The Morgan fingerprint density at radius 2 is 1.96 bits per heavy atom. The van der Waals surface area contributed by atoms with Gasteiger partial charge in [0.1, 0.15) is 5.69 Å². The molecule has 0 radical (unpaired) electrons. The van der Waals surface area contributed by atoms with E-state index < -0.39 is 11.0 Å². The van der Waals surface area contributed by atoms with Crippen molar-refractivity contribution < 1.29 is 14.8 Å². The molecular formula is C20H22N2O4. The molecule has 6 heteroatoms. The van der Waals surface area contributed by atoms with Crippen LogP contribution in [-0.2, 0) is 0 Å². The normalized spacial score (nSPS) is 18.4. The molecule has 2 aromatic rings. The summed E-state index contributed by atoms with van der Waals surface area (Å²) in [7, 11) is 0. The van der Waals surface area contributed by atoms with Gasteiger partial charge in [0.25, 0.3) is 5.69 Å². The number of nitro groups is 1. The number of nitro benzene ring substituents is 1. The quantitative estimate of drug-likeness (QED) is 0.505. The van der Waals surface area contributed by atoms with Crippen LogP contribution in [0.2, 0.25) is 0 Å². The second-order valence-electron chi connectivity index (χ2n) is 6.74. The lowest BCUT2D eigenvalue weighted by Crippen LogP contribution is -2.39. The van der Waals surface area contributed by atoms with Crippen LogP contribution in [0.25, 0.3) is 0 Å². The molecule has 1 saturated heterocycles. The molecule has 2 atom stereocenters. The Kier molecular flexibility index (Phi) is 5.32. The van der Waals surface area contributed by atoms with Crippen molar-refractivity contribution in [2.24, 2.45) is 5.92 Å². The van der Waals surface area contributed by atoms with Crippen LogP contribution in [0.15, 0.2) is 48.5 Å². The number of hydrogen-bond acceptors (Lipinski definition) is 5. The molecule has 0 spiro atoms. The third kappa shape index (κ3) is 3.75. The van der Waals surface area contributed by atoms with Crippen molar-refractivity contribution >= 4 is 17.2 Å². The fourth-order valence-electron chi connectivity index (χ4n) is 3.46. The molecule has 2 aromatic carbocycles. The van der Waals surface area contributed by atoms with Gasteiger partial charge in [-0.25, -0.2) is 0 Å². The van der Waals surface area contributed by atoms with Crippen LogP contribution in [0.3, 0.4) is 0 Å². The Morgan fingerprint density at radius 1 is 1.23 bits per heavy atom. The summed E-state index contributed by atoms with van der Waals surface area (Å²) in [6.45, 7) is 3.03. The Hall–Kier alpha value is -2.73. The van der Waals surface area contributed by atoms with E-state index in [0.29, 0.717) is 29.9 Å². The Balaban J connectivity index is 1.93. The number of carbonyl (C=O) groups is 1. The monoisotopic (exact) mass is 354 g/mol. The summed E-state index contributed by atoms with van der Waals surface area (Å²) >= 11 is 0. The first-order valence-electron chi connectivity index (χ1n) is 8.78. The van der Waals surface area contributed by atoms with Crippen LogP contribution in [0.5, 0.6) is 0 Å². The molecule has 1 aliphatic rings. The lowest BCUT2D eigenvalue weighted by atomic mass is 9.92. The third-order valence-corrected chi connectivity index (χ3v) is 4.95. The highest BCUT2D eigenvalue weighted by Gasteiger charge is 2.28. The van der Waals surface area contributed by atoms with E-state index in [2.05, 4.69) is 0 Å². The zero-order chi connectivity index (χ0) is 18.7. The second-order valence-corrected chi connectivity index (χ2v) is 6.74. The van der Waals surface area contributed by atoms with E-state index in [4.69, 9.17) is 0 Å². The molecule has 1 aliphatic heterocycles. The topological polar surface area (TPSA) is 83.7 Å².